The van der Waals surface area contributed by atoms with E-state index in [1.165, 1.54) is 6.07 Å². The number of rotatable bonds is 5. The number of alkyl halides is 3. The van der Waals surface area contributed by atoms with Gasteiger partial charge in [-0.15, -0.1) is 0 Å². The predicted molar refractivity (Wildman–Crippen MR) is 97.5 cm³/mol. The molecule has 28 heavy (non-hydrogen) atoms. The quantitative estimate of drug-likeness (QED) is 0.592. The lowest BCUT2D eigenvalue weighted by Gasteiger charge is -2.14. The molecule has 0 saturated carbocycles. The molecule has 2 aromatic carbocycles. The fourth-order valence-corrected chi connectivity index (χ4v) is 2.89. The third kappa shape index (κ3) is 3.95. The highest BCUT2D eigenvalue weighted by atomic mass is 19.4. The molecule has 0 aliphatic heterocycles. The average molecular weight is 392 g/mol. The lowest BCUT2D eigenvalue weighted by atomic mass is 10.2. The molecule has 0 spiro atoms. The lowest BCUT2D eigenvalue weighted by molar-refractivity contribution is -0.150. The Kier molecular flexibility index (Phi) is 5.31. The van der Waals surface area contributed by atoms with Gasteiger partial charge in [0.2, 0.25) is 0 Å². The summed E-state index contributed by atoms with van der Waals surface area (Å²) in [6.07, 6.45) is -5.16. The second kappa shape index (κ2) is 7.53. The van der Waals surface area contributed by atoms with Crippen LogP contribution in [0.15, 0.2) is 42.5 Å². The van der Waals surface area contributed by atoms with Crippen LogP contribution in [0.25, 0.3) is 16.7 Å². The minimum absolute atomic E-state index is 0.267. The van der Waals surface area contributed by atoms with Crippen molar-refractivity contribution in [3.8, 4) is 11.4 Å². The van der Waals surface area contributed by atoms with Crippen molar-refractivity contribution in [1.82, 2.24) is 9.55 Å². The fraction of sp³-hybridized carbons (Fsp3) is 0.300. The van der Waals surface area contributed by atoms with Crippen molar-refractivity contribution < 1.29 is 27.4 Å². The summed E-state index contributed by atoms with van der Waals surface area (Å²) in [6, 6.07) is 10.3. The smallest absolute Gasteiger partial charge is 0.416 e. The molecule has 0 N–H and O–H groups in total. The first kappa shape index (κ1) is 19.7. The zero-order valence-corrected chi connectivity index (χ0v) is 15.6. The SMILES string of the molecule is CCOC(=O)C(C)Oc1ccc(-n2c(C)nc3cc(C(F)(F)F)ccc32)cc1. The molecule has 0 amide bonds. The molecule has 1 atom stereocenters. The Morgan fingerprint density at radius 3 is 2.46 bits per heavy atom. The molecule has 1 aromatic heterocycles. The Morgan fingerprint density at radius 1 is 1.18 bits per heavy atom. The standard InChI is InChI=1S/C20H19F3N2O3/c1-4-27-19(26)12(2)28-16-8-6-15(7-9-16)25-13(3)24-17-11-14(20(21,22)23)5-10-18(17)25/h5-12H,4H2,1-3H3. The first-order valence-corrected chi connectivity index (χ1v) is 8.70. The van der Waals surface area contributed by atoms with E-state index in [1.54, 1.807) is 49.6 Å². The molecule has 0 saturated heterocycles. The first-order valence-electron chi connectivity index (χ1n) is 8.70. The van der Waals surface area contributed by atoms with Crippen molar-refractivity contribution in [2.24, 2.45) is 0 Å². The Hall–Kier alpha value is -3.03. The van der Waals surface area contributed by atoms with Crippen molar-refractivity contribution in [3.05, 3.63) is 53.9 Å². The van der Waals surface area contributed by atoms with E-state index >= 15 is 0 Å². The van der Waals surface area contributed by atoms with Crippen molar-refractivity contribution in [2.45, 2.75) is 33.1 Å². The molecule has 1 heterocycles. The topological polar surface area (TPSA) is 53.4 Å². The maximum Gasteiger partial charge on any atom is 0.416 e. The third-order valence-electron chi connectivity index (χ3n) is 4.18. The molecular weight excluding hydrogens is 373 g/mol. The summed E-state index contributed by atoms with van der Waals surface area (Å²) in [4.78, 5) is 15.9. The van der Waals surface area contributed by atoms with Gasteiger partial charge in [0, 0.05) is 5.69 Å². The van der Waals surface area contributed by atoms with Crippen LogP contribution in [0, 0.1) is 6.92 Å². The van der Waals surface area contributed by atoms with E-state index < -0.39 is 23.8 Å². The number of halogens is 3. The van der Waals surface area contributed by atoms with Gasteiger partial charge in [0.15, 0.2) is 6.10 Å². The average Bonchev–Trinajstić information content (AvgIpc) is 2.96. The zero-order valence-electron chi connectivity index (χ0n) is 15.6. The van der Waals surface area contributed by atoms with E-state index in [2.05, 4.69) is 4.98 Å². The molecule has 3 aromatic rings. The van der Waals surface area contributed by atoms with Gasteiger partial charge >= 0.3 is 12.1 Å². The van der Waals surface area contributed by atoms with E-state index in [1.807, 2.05) is 0 Å². The van der Waals surface area contributed by atoms with Gasteiger partial charge in [-0.2, -0.15) is 13.2 Å². The van der Waals surface area contributed by atoms with E-state index in [-0.39, 0.29) is 12.1 Å². The highest BCUT2D eigenvalue weighted by molar-refractivity contribution is 5.79. The number of benzene rings is 2. The van der Waals surface area contributed by atoms with E-state index in [9.17, 15) is 18.0 Å². The van der Waals surface area contributed by atoms with Crippen LogP contribution in [0.3, 0.4) is 0 Å². The van der Waals surface area contributed by atoms with Gasteiger partial charge in [0.05, 0.1) is 23.2 Å². The van der Waals surface area contributed by atoms with Gasteiger partial charge in [0.25, 0.3) is 0 Å². The summed E-state index contributed by atoms with van der Waals surface area (Å²) in [7, 11) is 0. The Bertz CT molecular complexity index is 994. The zero-order chi connectivity index (χ0) is 20.5. The number of nitrogens with zero attached hydrogens (tertiary/aromatic N) is 2. The second-order valence-corrected chi connectivity index (χ2v) is 6.20. The molecular formula is C20H19F3N2O3. The van der Waals surface area contributed by atoms with Crippen molar-refractivity contribution in [1.29, 1.82) is 0 Å². The summed E-state index contributed by atoms with van der Waals surface area (Å²) < 4.78 is 51.0. The van der Waals surface area contributed by atoms with Gasteiger partial charge < -0.3 is 9.47 Å². The number of hydrogen-bond donors (Lipinski definition) is 0. The van der Waals surface area contributed by atoms with Crippen LogP contribution in [0.2, 0.25) is 0 Å². The van der Waals surface area contributed by atoms with Crippen molar-refractivity contribution in [2.75, 3.05) is 6.61 Å². The third-order valence-corrected chi connectivity index (χ3v) is 4.18. The number of carbonyl (C=O) groups is 1. The molecule has 8 heteroatoms. The number of aryl methyl sites for hydroxylation is 1. The second-order valence-electron chi connectivity index (χ2n) is 6.20. The minimum Gasteiger partial charge on any atom is -0.479 e. The molecule has 0 aliphatic carbocycles. The predicted octanol–water partition coefficient (Wildman–Crippen LogP) is 4.68. The highest BCUT2D eigenvalue weighted by Crippen LogP contribution is 2.32. The number of esters is 1. The van der Waals surface area contributed by atoms with Gasteiger partial charge in [-0.25, -0.2) is 9.78 Å². The summed E-state index contributed by atoms with van der Waals surface area (Å²) in [5, 5.41) is 0. The minimum atomic E-state index is -4.42. The van der Waals surface area contributed by atoms with Crippen molar-refractivity contribution in [3.63, 3.8) is 0 Å². The van der Waals surface area contributed by atoms with Crippen LogP contribution in [0.1, 0.15) is 25.2 Å². The van der Waals surface area contributed by atoms with Crippen LogP contribution >= 0.6 is 0 Å². The molecule has 0 fully saturated rings. The van der Waals surface area contributed by atoms with Crippen LogP contribution in [0.4, 0.5) is 13.2 Å². The summed E-state index contributed by atoms with van der Waals surface area (Å²) in [5.41, 5.74) is 0.819. The molecule has 0 bridgehead atoms. The molecule has 0 radical (unpaired) electrons. The fourth-order valence-electron chi connectivity index (χ4n) is 2.89. The lowest BCUT2D eigenvalue weighted by Crippen LogP contribution is -2.26. The van der Waals surface area contributed by atoms with Crippen LogP contribution in [-0.4, -0.2) is 28.2 Å². The summed E-state index contributed by atoms with van der Waals surface area (Å²) >= 11 is 0. The molecule has 3 rings (SSSR count). The molecule has 0 aliphatic rings. The maximum absolute atomic E-state index is 12.9. The number of fused-ring (bicyclic) bond motifs is 1. The summed E-state index contributed by atoms with van der Waals surface area (Å²) in [5.74, 6) is 0.581. The Labute approximate surface area is 159 Å². The highest BCUT2D eigenvalue weighted by Gasteiger charge is 2.31. The van der Waals surface area contributed by atoms with Crippen LogP contribution in [-0.2, 0) is 15.7 Å². The van der Waals surface area contributed by atoms with Crippen LogP contribution in [0.5, 0.6) is 5.75 Å². The number of aromatic nitrogens is 2. The molecule has 1 unspecified atom stereocenters. The number of carbonyl (C=O) groups excluding carboxylic acids is 1. The normalized spacial score (nSPS) is 12.8. The van der Waals surface area contributed by atoms with Crippen LogP contribution < -0.4 is 4.74 Å². The number of ether oxygens (including phenoxy) is 2. The number of imidazole rings is 1. The van der Waals surface area contributed by atoms with Gasteiger partial charge in [0.1, 0.15) is 11.6 Å². The van der Waals surface area contributed by atoms with Gasteiger partial charge in [-0.3, -0.25) is 4.57 Å². The van der Waals surface area contributed by atoms with E-state index in [0.29, 0.717) is 17.1 Å². The van der Waals surface area contributed by atoms with Crippen molar-refractivity contribution >= 4 is 17.0 Å². The monoisotopic (exact) mass is 392 g/mol. The number of hydrogen-bond acceptors (Lipinski definition) is 4. The van der Waals surface area contributed by atoms with E-state index in [4.69, 9.17) is 9.47 Å². The van der Waals surface area contributed by atoms with Gasteiger partial charge in [-0.1, -0.05) is 0 Å². The van der Waals surface area contributed by atoms with E-state index in [0.717, 1.165) is 17.8 Å². The summed E-state index contributed by atoms with van der Waals surface area (Å²) in [6.45, 7) is 5.31. The largest absolute Gasteiger partial charge is 0.479 e. The Morgan fingerprint density at radius 2 is 1.86 bits per heavy atom. The van der Waals surface area contributed by atoms with Gasteiger partial charge in [-0.05, 0) is 63.2 Å². The first-order chi connectivity index (χ1) is 13.2. The maximum atomic E-state index is 12.9. The molecule has 5 nitrogen and oxygen atoms in total. The Balaban J connectivity index is 1.88. The molecule has 148 valence electrons.